The van der Waals surface area contributed by atoms with Gasteiger partial charge in [0.25, 0.3) is 0 Å². The van der Waals surface area contributed by atoms with Gasteiger partial charge in [-0.25, -0.2) is 19.3 Å². The Kier molecular flexibility index (Phi) is 2.90. The van der Waals surface area contributed by atoms with Crippen molar-refractivity contribution in [3.8, 4) is 11.4 Å². The van der Waals surface area contributed by atoms with Crippen molar-refractivity contribution in [3.63, 3.8) is 0 Å². The van der Waals surface area contributed by atoms with Crippen LogP contribution in [0.3, 0.4) is 0 Å². The number of imidazole rings is 1. The Morgan fingerprint density at radius 1 is 1.35 bits per heavy atom. The Balaban J connectivity index is 2.31. The molecule has 0 spiro atoms. The molecule has 20 heavy (non-hydrogen) atoms. The summed E-state index contributed by atoms with van der Waals surface area (Å²) in [6.07, 6.45) is 3.11. The van der Waals surface area contributed by atoms with Crippen LogP contribution >= 0.6 is 0 Å². The molecule has 100 valence electrons. The maximum absolute atomic E-state index is 13.4. The summed E-state index contributed by atoms with van der Waals surface area (Å²) in [5.41, 5.74) is 7.59. The number of nitrogens with two attached hydrogens (primary N) is 1. The lowest BCUT2D eigenvalue weighted by Gasteiger charge is -2.05. The standard InChI is InChI=1S/C14H12FN5/c1-2-6-20-13(9-4-3-5-10(15)7-9)19-11-12(16)17-8-18-14(11)20/h2-5,7-8H,1,6H2,(H2,16,17,18). The molecule has 0 aliphatic heterocycles. The molecule has 0 radical (unpaired) electrons. The van der Waals surface area contributed by atoms with E-state index in [2.05, 4.69) is 21.5 Å². The number of hydrogen-bond acceptors (Lipinski definition) is 4. The monoisotopic (exact) mass is 269 g/mol. The molecule has 0 bridgehead atoms. The average molecular weight is 269 g/mol. The Hall–Kier alpha value is -2.76. The zero-order valence-corrected chi connectivity index (χ0v) is 10.6. The van der Waals surface area contributed by atoms with Gasteiger partial charge >= 0.3 is 0 Å². The van der Waals surface area contributed by atoms with Gasteiger partial charge in [0, 0.05) is 12.1 Å². The van der Waals surface area contributed by atoms with Crippen molar-refractivity contribution in [2.24, 2.45) is 0 Å². The second-order valence-corrected chi connectivity index (χ2v) is 4.28. The summed E-state index contributed by atoms with van der Waals surface area (Å²) in [4.78, 5) is 12.6. The first-order chi connectivity index (χ1) is 9.70. The van der Waals surface area contributed by atoms with E-state index in [1.165, 1.54) is 18.5 Å². The lowest BCUT2D eigenvalue weighted by Crippen LogP contribution is -2.00. The molecule has 0 saturated carbocycles. The van der Waals surface area contributed by atoms with E-state index < -0.39 is 0 Å². The number of hydrogen-bond donors (Lipinski definition) is 1. The van der Waals surface area contributed by atoms with Gasteiger partial charge in [-0.15, -0.1) is 6.58 Å². The number of fused-ring (bicyclic) bond motifs is 1. The molecule has 0 aliphatic rings. The summed E-state index contributed by atoms with van der Waals surface area (Å²) in [6.45, 7) is 4.22. The highest BCUT2D eigenvalue weighted by Crippen LogP contribution is 2.26. The lowest BCUT2D eigenvalue weighted by molar-refractivity contribution is 0.628. The van der Waals surface area contributed by atoms with E-state index >= 15 is 0 Å². The van der Waals surface area contributed by atoms with Crippen molar-refractivity contribution in [3.05, 3.63) is 49.1 Å². The van der Waals surface area contributed by atoms with Gasteiger partial charge in [0.2, 0.25) is 0 Å². The molecule has 0 amide bonds. The Morgan fingerprint density at radius 3 is 2.95 bits per heavy atom. The molecule has 3 aromatic rings. The first-order valence-corrected chi connectivity index (χ1v) is 6.04. The number of aromatic nitrogens is 4. The molecule has 0 fully saturated rings. The first-order valence-electron chi connectivity index (χ1n) is 6.04. The quantitative estimate of drug-likeness (QED) is 0.741. The van der Waals surface area contributed by atoms with Crippen LogP contribution in [0.4, 0.5) is 10.2 Å². The summed E-state index contributed by atoms with van der Waals surface area (Å²) >= 11 is 0. The third kappa shape index (κ3) is 1.91. The minimum atomic E-state index is -0.321. The molecule has 2 heterocycles. The van der Waals surface area contributed by atoms with Gasteiger partial charge < -0.3 is 10.3 Å². The summed E-state index contributed by atoms with van der Waals surface area (Å²) in [5, 5.41) is 0. The van der Waals surface area contributed by atoms with Crippen LogP contribution in [0.5, 0.6) is 0 Å². The van der Waals surface area contributed by atoms with Crippen LogP contribution in [0.1, 0.15) is 0 Å². The van der Waals surface area contributed by atoms with Crippen molar-refractivity contribution in [1.29, 1.82) is 0 Å². The predicted molar refractivity (Wildman–Crippen MR) is 75.3 cm³/mol. The number of nitrogens with zero attached hydrogens (tertiary/aromatic N) is 4. The largest absolute Gasteiger partial charge is 0.382 e. The predicted octanol–water partition coefficient (Wildman–Crippen LogP) is 2.40. The Labute approximate surface area is 114 Å². The third-order valence-electron chi connectivity index (χ3n) is 2.95. The summed E-state index contributed by atoms with van der Waals surface area (Å²) in [6, 6.07) is 6.23. The molecule has 1 aromatic carbocycles. The number of nitrogen functional groups attached to an aromatic ring is 1. The smallest absolute Gasteiger partial charge is 0.166 e. The summed E-state index contributed by atoms with van der Waals surface area (Å²) in [5.74, 6) is 0.570. The Morgan fingerprint density at radius 2 is 2.20 bits per heavy atom. The van der Waals surface area contributed by atoms with E-state index in [4.69, 9.17) is 5.73 Å². The first kappa shape index (κ1) is 12.3. The third-order valence-corrected chi connectivity index (χ3v) is 2.95. The normalized spacial score (nSPS) is 10.8. The number of rotatable bonds is 3. The zero-order valence-electron chi connectivity index (χ0n) is 10.6. The van der Waals surface area contributed by atoms with E-state index in [9.17, 15) is 4.39 Å². The van der Waals surface area contributed by atoms with Crippen LogP contribution in [-0.2, 0) is 6.54 Å². The molecule has 2 N–H and O–H groups in total. The minimum absolute atomic E-state index is 0.301. The van der Waals surface area contributed by atoms with E-state index in [0.717, 1.165) is 0 Å². The van der Waals surface area contributed by atoms with Gasteiger partial charge in [-0.3, -0.25) is 0 Å². The SMILES string of the molecule is C=CCn1c(-c2cccc(F)c2)nc2c(N)ncnc21. The number of benzene rings is 1. The van der Waals surface area contributed by atoms with Crippen LogP contribution in [0, 0.1) is 5.82 Å². The maximum atomic E-state index is 13.4. The van der Waals surface area contributed by atoms with Gasteiger partial charge in [-0.1, -0.05) is 18.2 Å². The number of anilines is 1. The second kappa shape index (κ2) is 4.73. The van der Waals surface area contributed by atoms with Crippen LogP contribution < -0.4 is 5.73 Å². The van der Waals surface area contributed by atoms with Gasteiger partial charge in [0.15, 0.2) is 17.0 Å². The molecule has 5 nitrogen and oxygen atoms in total. The van der Waals surface area contributed by atoms with Crippen molar-refractivity contribution in [1.82, 2.24) is 19.5 Å². The van der Waals surface area contributed by atoms with E-state index in [1.807, 2.05) is 4.57 Å². The van der Waals surface area contributed by atoms with Gasteiger partial charge in [-0.2, -0.15) is 0 Å². The van der Waals surface area contributed by atoms with Crippen LogP contribution in [0.25, 0.3) is 22.6 Å². The van der Waals surface area contributed by atoms with Crippen LogP contribution in [-0.4, -0.2) is 19.5 Å². The zero-order chi connectivity index (χ0) is 14.1. The fraction of sp³-hybridized carbons (Fsp3) is 0.0714. The summed E-state index contributed by atoms with van der Waals surface area (Å²) < 4.78 is 15.2. The average Bonchev–Trinajstić information content (AvgIpc) is 2.80. The van der Waals surface area contributed by atoms with Gasteiger partial charge in [-0.05, 0) is 12.1 Å². The van der Waals surface area contributed by atoms with Gasteiger partial charge in [0.1, 0.15) is 18.0 Å². The van der Waals surface area contributed by atoms with Crippen LogP contribution in [0.2, 0.25) is 0 Å². The van der Waals surface area contributed by atoms with Crippen LogP contribution in [0.15, 0.2) is 43.2 Å². The molecule has 2 aromatic heterocycles. The van der Waals surface area contributed by atoms with E-state index in [0.29, 0.717) is 34.9 Å². The molecule has 0 saturated heterocycles. The topological polar surface area (TPSA) is 69.6 Å². The van der Waals surface area contributed by atoms with E-state index in [-0.39, 0.29) is 5.82 Å². The number of halogens is 1. The fourth-order valence-electron chi connectivity index (χ4n) is 2.10. The summed E-state index contributed by atoms with van der Waals surface area (Å²) in [7, 11) is 0. The molecule has 0 atom stereocenters. The fourth-order valence-corrected chi connectivity index (χ4v) is 2.10. The van der Waals surface area contributed by atoms with Crippen molar-refractivity contribution >= 4 is 17.0 Å². The molecule has 3 rings (SSSR count). The maximum Gasteiger partial charge on any atom is 0.166 e. The second-order valence-electron chi connectivity index (χ2n) is 4.28. The minimum Gasteiger partial charge on any atom is -0.382 e. The Bertz CT molecular complexity index is 793. The molecule has 0 unspecified atom stereocenters. The molecular formula is C14H12FN5. The molecular weight excluding hydrogens is 257 g/mol. The highest BCUT2D eigenvalue weighted by Gasteiger charge is 2.15. The van der Waals surface area contributed by atoms with Gasteiger partial charge in [0.05, 0.1) is 0 Å². The lowest BCUT2D eigenvalue weighted by atomic mass is 10.2. The molecule has 6 heteroatoms. The van der Waals surface area contributed by atoms with Crippen molar-refractivity contribution < 1.29 is 4.39 Å². The highest BCUT2D eigenvalue weighted by atomic mass is 19.1. The van der Waals surface area contributed by atoms with E-state index in [1.54, 1.807) is 18.2 Å². The van der Waals surface area contributed by atoms with Crippen molar-refractivity contribution in [2.75, 3.05) is 5.73 Å². The number of allylic oxidation sites excluding steroid dienone is 1. The van der Waals surface area contributed by atoms with Crippen molar-refractivity contribution in [2.45, 2.75) is 6.54 Å². The molecule has 0 aliphatic carbocycles. The highest BCUT2D eigenvalue weighted by molar-refractivity contribution is 5.85.